The van der Waals surface area contributed by atoms with E-state index in [1.165, 1.54) is 6.07 Å². The Balaban J connectivity index is 1.98. The first-order chi connectivity index (χ1) is 10.9. The van der Waals surface area contributed by atoms with Crippen molar-refractivity contribution in [2.75, 3.05) is 6.26 Å². The van der Waals surface area contributed by atoms with Crippen LogP contribution < -0.4 is 10.9 Å². The van der Waals surface area contributed by atoms with Crippen LogP contribution in [0.5, 0.6) is 0 Å². The maximum absolute atomic E-state index is 14.3. The van der Waals surface area contributed by atoms with Crippen molar-refractivity contribution in [3.8, 4) is 16.5 Å². The minimum Gasteiger partial charge on any atom is -0.408 e. The van der Waals surface area contributed by atoms with E-state index in [1.54, 1.807) is 36.6 Å². The third-order valence-corrected chi connectivity index (χ3v) is 4.80. The lowest BCUT2D eigenvalue weighted by Gasteiger charge is -2.21. The van der Waals surface area contributed by atoms with Crippen LogP contribution in [0.15, 0.2) is 45.6 Å². The molecule has 2 aromatic carbocycles. The molecular weight excluding hydrogens is 317 g/mol. The molecule has 0 spiro atoms. The predicted octanol–water partition coefficient (Wildman–Crippen LogP) is 3.22. The number of oxazole rings is 1. The minimum atomic E-state index is -1.99. The summed E-state index contributed by atoms with van der Waals surface area (Å²) < 4.78 is 19.2. The van der Waals surface area contributed by atoms with Crippen LogP contribution in [0, 0.1) is 16.5 Å². The van der Waals surface area contributed by atoms with Gasteiger partial charge in [-0.05, 0) is 41.1 Å². The van der Waals surface area contributed by atoms with Gasteiger partial charge in [0.15, 0.2) is 5.58 Å². The Morgan fingerprint density at radius 3 is 2.70 bits per heavy atom. The number of nitrogens with zero attached hydrogens (tertiary/aromatic N) is 1. The molecule has 1 unspecified atom stereocenters. The number of benzene rings is 2. The summed E-state index contributed by atoms with van der Waals surface area (Å²) in [6, 6.07) is 9.95. The number of fused-ring (bicyclic) bond motifs is 1. The van der Waals surface area contributed by atoms with Gasteiger partial charge in [0.2, 0.25) is 0 Å². The summed E-state index contributed by atoms with van der Waals surface area (Å²) in [5, 5.41) is 16.9. The second kappa shape index (κ2) is 5.57. The average molecular weight is 331 g/mol. The number of aromatic nitrogens is 1. The highest BCUT2D eigenvalue weighted by Crippen LogP contribution is 2.38. The fraction of sp³-hybridized carbons (Fsp3) is 0.125. The number of aromatic amines is 1. The topological polar surface area (TPSA) is 95.8 Å². The van der Waals surface area contributed by atoms with E-state index in [0.29, 0.717) is 22.2 Å². The highest BCUT2D eigenvalue weighted by atomic mass is 32.3. The first kappa shape index (κ1) is 15.3. The first-order valence-electron chi connectivity index (χ1n) is 6.74. The molecule has 1 heterocycles. The van der Waals surface area contributed by atoms with Crippen molar-refractivity contribution in [2.24, 2.45) is 5.14 Å². The standard InChI is InChI=1S/C16H14FN3O2S/c1-23(19,9-18)8-12-3-2-10(6-13(12)17)11-4-5-15-14(7-11)20-16(21)22-15/h2-7H,8,19H2,1H3,(H,20,21). The first-order valence-corrected chi connectivity index (χ1v) is 9.01. The van der Waals surface area contributed by atoms with Crippen LogP contribution in [0.4, 0.5) is 4.39 Å². The van der Waals surface area contributed by atoms with Crippen LogP contribution in [0.1, 0.15) is 5.56 Å². The summed E-state index contributed by atoms with van der Waals surface area (Å²) in [7, 11) is -1.99. The number of hydrogen-bond acceptors (Lipinski definition) is 4. The van der Waals surface area contributed by atoms with Crippen LogP contribution >= 0.6 is 10.2 Å². The Kier molecular flexibility index (Phi) is 3.72. The third-order valence-electron chi connectivity index (χ3n) is 3.47. The molecule has 5 nitrogen and oxygen atoms in total. The monoisotopic (exact) mass is 331 g/mol. The number of H-pyrrole nitrogens is 1. The van der Waals surface area contributed by atoms with Gasteiger partial charge in [0.05, 0.1) is 5.52 Å². The van der Waals surface area contributed by atoms with Gasteiger partial charge in [0.1, 0.15) is 11.2 Å². The summed E-state index contributed by atoms with van der Waals surface area (Å²) in [4.78, 5) is 13.7. The van der Waals surface area contributed by atoms with Gasteiger partial charge in [-0.15, -0.1) is 10.2 Å². The lowest BCUT2D eigenvalue weighted by atomic mass is 10.0. The minimum absolute atomic E-state index is 0.212. The lowest BCUT2D eigenvalue weighted by molar-refractivity contribution is 0.555. The molecule has 23 heavy (non-hydrogen) atoms. The van der Waals surface area contributed by atoms with E-state index in [1.807, 2.05) is 5.40 Å². The zero-order valence-corrected chi connectivity index (χ0v) is 13.1. The zero-order chi connectivity index (χ0) is 16.6. The van der Waals surface area contributed by atoms with Gasteiger partial charge < -0.3 is 4.42 Å². The molecule has 0 amide bonds. The molecule has 0 fully saturated rings. The molecule has 0 aliphatic rings. The van der Waals surface area contributed by atoms with Crippen LogP contribution in [0.3, 0.4) is 0 Å². The van der Waals surface area contributed by atoms with E-state index in [4.69, 9.17) is 14.8 Å². The molecule has 0 radical (unpaired) electrons. The fourth-order valence-electron chi connectivity index (χ4n) is 2.33. The largest absolute Gasteiger partial charge is 0.417 e. The number of nitrogens with two attached hydrogens (primary N) is 1. The maximum atomic E-state index is 14.3. The van der Waals surface area contributed by atoms with Crippen molar-refractivity contribution in [3.63, 3.8) is 0 Å². The Bertz CT molecular complexity index is 985. The Hall–Kier alpha value is -2.56. The molecule has 118 valence electrons. The van der Waals surface area contributed by atoms with Crippen molar-refractivity contribution in [2.45, 2.75) is 5.75 Å². The molecule has 1 aromatic heterocycles. The van der Waals surface area contributed by atoms with Gasteiger partial charge in [-0.3, -0.25) is 10.1 Å². The molecule has 0 saturated carbocycles. The SMILES string of the molecule is CS(N)(C#N)Cc1ccc(-c2ccc3oc(=O)[nH]c3c2)cc1F. The second-order valence-electron chi connectivity index (χ2n) is 5.42. The number of nitriles is 1. The van der Waals surface area contributed by atoms with E-state index in [0.717, 1.165) is 5.56 Å². The van der Waals surface area contributed by atoms with E-state index in [9.17, 15) is 9.18 Å². The highest BCUT2D eigenvalue weighted by Gasteiger charge is 2.15. The highest BCUT2D eigenvalue weighted by molar-refractivity contribution is 8.34. The van der Waals surface area contributed by atoms with E-state index < -0.39 is 21.8 Å². The Morgan fingerprint density at radius 2 is 2.00 bits per heavy atom. The van der Waals surface area contributed by atoms with Crippen LogP contribution in [0.25, 0.3) is 22.2 Å². The van der Waals surface area contributed by atoms with Gasteiger partial charge in [-0.25, -0.2) is 9.18 Å². The molecule has 0 aliphatic carbocycles. The van der Waals surface area contributed by atoms with Gasteiger partial charge in [0.25, 0.3) is 0 Å². The third kappa shape index (κ3) is 3.13. The number of hydrogen-bond donors (Lipinski definition) is 2. The van der Waals surface area contributed by atoms with Crippen molar-refractivity contribution < 1.29 is 8.81 Å². The van der Waals surface area contributed by atoms with Gasteiger partial charge in [0, 0.05) is 5.75 Å². The summed E-state index contributed by atoms with van der Waals surface area (Å²) in [6.07, 6.45) is 1.64. The lowest BCUT2D eigenvalue weighted by Crippen LogP contribution is -2.09. The van der Waals surface area contributed by atoms with Crippen molar-refractivity contribution in [1.29, 1.82) is 5.26 Å². The predicted molar refractivity (Wildman–Crippen MR) is 89.2 cm³/mol. The molecule has 3 rings (SSSR count). The van der Waals surface area contributed by atoms with Crippen LogP contribution in [0.2, 0.25) is 0 Å². The zero-order valence-electron chi connectivity index (χ0n) is 12.3. The van der Waals surface area contributed by atoms with Gasteiger partial charge in [-0.2, -0.15) is 5.26 Å². The quantitative estimate of drug-likeness (QED) is 0.720. The van der Waals surface area contributed by atoms with Crippen molar-refractivity contribution >= 4 is 21.3 Å². The average Bonchev–Trinajstić information content (AvgIpc) is 2.88. The molecule has 7 heteroatoms. The van der Waals surface area contributed by atoms with E-state index in [-0.39, 0.29) is 5.75 Å². The van der Waals surface area contributed by atoms with Gasteiger partial charge in [-0.1, -0.05) is 18.2 Å². The number of nitrogens with one attached hydrogen (secondary N) is 1. The molecule has 0 aliphatic heterocycles. The Morgan fingerprint density at radius 1 is 1.30 bits per heavy atom. The fourth-order valence-corrected chi connectivity index (χ4v) is 3.28. The second-order valence-corrected chi connectivity index (χ2v) is 8.21. The maximum Gasteiger partial charge on any atom is 0.417 e. The van der Waals surface area contributed by atoms with Crippen LogP contribution in [-0.2, 0) is 5.75 Å². The normalized spacial score (nSPS) is 15.0. The van der Waals surface area contributed by atoms with Crippen molar-refractivity contribution in [1.82, 2.24) is 4.98 Å². The molecule has 1 atom stereocenters. The number of rotatable bonds is 3. The molecule has 0 bridgehead atoms. The molecule has 3 N–H and O–H groups in total. The Labute approximate surface area is 133 Å². The smallest absolute Gasteiger partial charge is 0.408 e. The van der Waals surface area contributed by atoms with E-state index >= 15 is 0 Å². The van der Waals surface area contributed by atoms with E-state index in [2.05, 4.69) is 4.98 Å². The summed E-state index contributed by atoms with van der Waals surface area (Å²) >= 11 is 0. The number of halogens is 1. The van der Waals surface area contributed by atoms with Crippen LogP contribution in [-0.4, -0.2) is 11.2 Å². The summed E-state index contributed by atoms with van der Waals surface area (Å²) in [5.74, 6) is -0.716. The summed E-state index contributed by atoms with van der Waals surface area (Å²) in [5.41, 5.74) is 2.85. The molecule has 3 aromatic rings. The molecular formula is C16H14FN3O2S. The van der Waals surface area contributed by atoms with Gasteiger partial charge >= 0.3 is 5.76 Å². The number of thiocyanates is 1. The summed E-state index contributed by atoms with van der Waals surface area (Å²) in [6.45, 7) is 0. The molecule has 0 saturated heterocycles. The van der Waals surface area contributed by atoms with Crippen molar-refractivity contribution in [3.05, 3.63) is 58.3 Å².